The first-order chi connectivity index (χ1) is 10.3. The molecule has 1 heterocycles. The third-order valence-electron chi connectivity index (χ3n) is 2.75. The van der Waals surface area contributed by atoms with Crippen molar-refractivity contribution in [3.05, 3.63) is 35.3 Å². The van der Waals surface area contributed by atoms with Gasteiger partial charge in [0.05, 0.1) is 18.8 Å². The molecule has 5 nitrogen and oxygen atoms in total. The van der Waals surface area contributed by atoms with Crippen LogP contribution >= 0.6 is 11.3 Å². The molecule has 0 saturated carbocycles. The summed E-state index contributed by atoms with van der Waals surface area (Å²) in [6.45, 7) is 3.48. The maximum atomic E-state index is 11.9. The molecule has 0 fully saturated rings. The number of carbonyl (C=O) groups is 1. The molecule has 0 spiro atoms. The van der Waals surface area contributed by atoms with Gasteiger partial charge in [-0.25, -0.2) is 4.98 Å². The van der Waals surface area contributed by atoms with Crippen molar-refractivity contribution in [2.24, 2.45) is 0 Å². The van der Waals surface area contributed by atoms with E-state index < -0.39 is 0 Å². The highest BCUT2D eigenvalue weighted by molar-refractivity contribution is 7.13. The van der Waals surface area contributed by atoms with Gasteiger partial charge in [-0.1, -0.05) is 12.1 Å². The number of amides is 1. The Morgan fingerprint density at radius 2 is 2.19 bits per heavy atom. The van der Waals surface area contributed by atoms with E-state index in [1.165, 1.54) is 11.3 Å². The van der Waals surface area contributed by atoms with Crippen LogP contribution in [0, 0.1) is 0 Å². The molecule has 0 atom stereocenters. The fourth-order valence-electron chi connectivity index (χ4n) is 1.78. The monoisotopic (exact) mass is 306 g/mol. The zero-order chi connectivity index (χ0) is 15.1. The molecular formula is C15H18N2O3S. The number of thiazole rings is 1. The van der Waals surface area contributed by atoms with Crippen molar-refractivity contribution in [2.75, 3.05) is 26.9 Å². The lowest BCUT2D eigenvalue weighted by Gasteiger charge is -2.07. The van der Waals surface area contributed by atoms with Crippen LogP contribution in [-0.2, 0) is 4.74 Å². The normalized spacial score (nSPS) is 10.4. The number of carbonyl (C=O) groups excluding carboxylic acids is 1. The lowest BCUT2D eigenvalue weighted by Crippen LogP contribution is -2.27. The van der Waals surface area contributed by atoms with Crippen LogP contribution in [0.1, 0.15) is 17.4 Å². The zero-order valence-electron chi connectivity index (χ0n) is 12.1. The molecule has 1 N–H and O–H groups in total. The summed E-state index contributed by atoms with van der Waals surface area (Å²) < 4.78 is 10.5. The Labute approximate surface area is 127 Å². The van der Waals surface area contributed by atoms with Gasteiger partial charge in [0.25, 0.3) is 5.91 Å². The Bertz CT molecular complexity index is 598. The van der Waals surface area contributed by atoms with Gasteiger partial charge in [-0.05, 0) is 19.1 Å². The predicted octanol–water partition coefficient (Wildman–Crippen LogP) is 2.59. The number of aromatic nitrogens is 1. The van der Waals surface area contributed by atoms with Crippen molar-refractivity contribution in [1.29, 1.82) is 0 Å². The number of para-hydroxylation sites is 1. The maximum absolute atomic E-state index is 11.9. The van der Waals surface area contributed by atoms with Crippen LogP contribution in [0.5, 0.6) is 5.75 Å². The van der Waals surface area contributed by atoms with Crippen molar-refractivity contribution >= 4 is 17.2 Å². The molecule has 0 aliphatic carbocycles. The summed E-state index contributed by atoms with van der Waals surface area (Å²) in [6.07, 6.45) is 0. The van der Waals surface area contributed by atoms with E-state index in [0.717, 1.165) is 16.3 Å². The van der Waals surface area contributed by atoms with Gasteiger partial charge in [0.1, 0.15) is 16.5 Å². The molecule has 2 rings (SSSR count). The second-order valence-corrected chi connectivity index (χ2v) is 5.07. The Hall–Kier alpha value is -1.92. The van der Waals surface area contributed by atoms with Crippen molar-refractivity contribution in [3.8, 4) is 16.3 Å². The average molecular weight is 306 g/mol. The summed E-state index contributed by atoms with van der Waals surface area (Å²) in [4.78, 5) is 16.3. The van der Waals surface area contributed by atoms with E-state index >= 15 is 0 Å². The van der Waals surface area contributed by atoms with Gasteiger partial charge in [0, 0.05) is 19.0 Å². The van der Waals surface area contributed by atoms with Crippen LogP contribution in [0.15, 0.2) is 29.6 Å². The Morgan fingerprint density at radius 3 is 2.95 bits per heavy atom. The highest BCUT2D eigenvalue weighted by atomic mass is 32.1. The lowest BCUT2D eigenvalue weighted by atomic mass is 10.2. The SMILES string of the molecule is CCOc1ccccc1-c1nc(C(=O)NCCOC)cs1. The van der Waals surface area contributed by atoms with Gasteiger partial charge in [0.2, 0.25) is 0 Å². The Kier molecular flexibility index (Phi) is 5.71. The Morgan fingerprint density at radius 1 is 1.38 bits per heavy atom. The predicted molar refractivity (Wildman–Crippen MR) is 82.9 cm³/mol. The van der Waals surface area contributed by atoms with E-state index in [1.807, 2.05) is 31.2 Å². The maximum Gasteiger partial charge on any atom is 0.270 e. The van der Waals surface area contributed by atoms with Crippen LogP contribution in [0.2, 0.25) is 0 Å². The molecular weight excluding hydrogens is 288 g/mol. The van der Waals surface area contributed by atoms with Crippen LogP contribution in [0.4, 0.5) is 0 Å². The number of methoxy groups -OCH3 is 1. The molecule has 1 aromatic carbocycles. The van der Waals surface area contributed by atoms with Crippen molar-refractivity contribution in [2.45, 2.75) is 6.92 Å². The fraction of sp³-hybridized carbons (Fsp3) is 0.333. The van der Waals surface area contributed by atoms with E-state index in [1.54, 1.807) is 12.5 Å². The number of benzene rings is 1. The van der Waals surface area contributed by atoms with E-state index in [9.17, 15) is 4.79 Å². The van der Waals surface area contributed by atoms with Gasteiger partial charge in [-0.2, -0.15) is 0 Å². The smallest absolute Gasteiger partial charge is 0.270 e. The second-order valence-electron chi connectivity index (χ2n) is 4.22. The lowest BCUT2D eigenvalue weighted by molar-refractivity contribution is 0.0933. The summed E-state index contributed by atoms with van der Waals surface area (Å²) in [5.41, 5.74) is 1.32. The largest absolute Gasteiger partial charge is 0.493 e. The molecule has 0 aliphatic rings. The quantitative estimate of drug-likeness (QED) is 0.799. The van der Waals surface area contributed by atoms with Gasteiger partial charge < -0.3 is 14.8 Å². The standard InChI is InChI=1S/C15H18N2O3S/c1-3-20-13-7-5-4-6-11(13)15-17-12(10-21-15)14(18)16-8-9-19-2/h4-7,10H,3,8-9H2,1-2H3,(H,16,18). The first-order valence-electron chi connectivity index (χ1n) is 6.71. The molecule has 21 heavy (non-hydrogen) atoms. The number of hydrogen-bond donors (Lipinski definition) is 1. The van der Waals surface area contributed by atoms with E-state index in [-0.39, 0.29) is 5.91 Å². The number of hydrogen-bond acceptors (Lipinski definition) is 5. The minimum absolute atomic E-state index is 0.191. The zero-order valence-corrected chi connectivity index (χ0v) is 12.9. The molecule has 0 bridgehead atoms. The summed E-state index contributed by atoms with van der Waals surface area (Å²) in [7, 11) is 1.60. The number of ether oxygens (including phenoxy) is 2. The van der Waals surface area contributed by atoms with Crippen LogP contribution < -0.4 is 10.1 Å². The molecule has 2 aromatic rings. The Balaban J connectivity index is 2.14. The highest BCUT2D eigenvalue weighted by Crippen LogP contribution is 2.32. The molecule has 0 aliphatic heterocycles. The molecule has 6 heteroatoms. The van der Waals surface area contributed by atoms with E-state index in [0.29, 0.717) is 25.5 Å². The molecule has 0 saturated heterocycles. The summed E-state index contributed by atoms with van der Waals surface area (Å²) in [6, 6.07) is 7.69. The van der Waals surface area contributed by atoms with Crippen molar-refractivity contribution in [1.82, 2.24) is 10.3 Å². The van der Waals surface area contributed by atoms with Gasteiger partial charge >= 0.3 is 0 Å². The van der Waals surface area contributed by atoms with Gasteiger partial charge in [-0.3, -0.25) is 4.79 Å². The topological polar surface area (TPSA) is 60.5 Å². The van der Waals surface area contributed by atoms with Gasteiger partial charge in [0.15, 0.2) is 0 Å². The number of nitrogens with one attached hydrogen (secondary N) is 1. The summed E-state index contributed by atoms with van der Waals surface area (Å²) in [5, 5.41) is 5.28. The summed E-state index contributed by atoms with van der Waals surface area (Å²) >= 11 is 1.43. The van der Waals surface area contributed by atoms with Gasteiger partial charge in [-0.15, -0.1) is 11.3 Å². The minimum Gasteiger partial charge on any atom is -0.493 e. The third-order valence-corrected chi connectivity index (χ3v) is 3.62. The van der Waals surface area contributed by atoms with Crippen molar-refractivity contribution in [3.63, 3.8) is 0 Å². The van der Waals surface area contributed by atoms with Crippen LogP contribution in [-0.4, -0.2) is 37.8 Å². The fourth-order valence-corrected chi connectivity index (χ4v) is 2.61. The number of nitrogens with zero attached hydrogens (tertiary/aromatic N) is 1. The van der Waals surface area contributed by atoms with Crippen LogP contribution in [0.3, 0.4) is 0 Å². The van der Waals surface area contributed by atoms with E-state index in [2.05, 4.69) is 10.3 Å². The van der Waals surface area contributed by atoms with Crippen molar-refractivity contribution < 1.29 is 14.3 Å². The number of rotatable bonds is 7. The highest BCUT2D eigenvalue weighted by Gasteiger charge is 2.14. The van der Waals surface area contributed by atoms with Crippen LogP contribution in [0.25, 0.3) is 10.6 Å². The molecule has 0 radical (unpaired) electrons. The first kappa shape index (κ1) is 15.5. The average Bonchev–Trinajstić information content (AvgIpc) is 2.98. The second kappa shape index (κ2) is 7.75. The van der Waals surface area contributed by atoms with E-state index in [4.69, 9.17) is 9.47 Å². The first-order valence-corrected chi connectivity index (χ1v) is 7.59. The molecule has 112 valence electrons. The molecule has 0 unspecified atom stereocenters. The minimum atomic E-state index is -0.191. The molecule has 1 amide bonds. The third kappa shape index (κ3) is 4.03. The summed E-state index contributed by atoms with van der Waals surface area (Å²) in [5.74, 6) is 0.587. The molecule has 1 aromatic heterocycles.